The van der Waals surface area contributed by atoms with Crippen molar-refractivity contribution < 1.29 is 4.39 Å². The number of nitrogens with two attached hydrogens (primary N) is 1. The zero-order valence-corrected chi connectivity index (χ0v) is 12.6. The Hall–Kier alpha value is -1.23. The molecule has 0 amide bonds. The van der Waals surface area contributed by atoms with E-state index < -0.39 is 0 Å². The van der Waals surface area contributed by atoms with Crippen LogP contribution in [0.15, 0.2) is 47.5 Å². The van der Waals surface area contributed by atoms with E-state index in [0.717, 1.165) is 5.56 Å². The molecule has 2 rings (SSSR count). The van der Waals surface area contributed by atoms with Gasteiger partial charge in [0.15, 0.2) is 5.17 Å². The van der Waals surface area contributed by atoms with Gasteiger partial charge in [-0.25, -0.2) is 9.38 Å². The Labute approximate surface area is 130 Å². The van der Waals surface area contributed by atoms with Gasteiger partial charge in [0.1, 0.15) is 5.82 Å². The van der Waals surface area contributed by atoms with Crippen LogP contribution in [0.1, 0.15) is 5.56 Å². The van der Waals surface area contributed by atoms with Crippen LogP contribution in [0, 0.1) is 5.82 Å². The molecule has 2 aromatic rings. The lowest BCUT2D eigenvalue weighted by molar-refractivity contribution is 0.628. The van der Waals surface area contributed by atoms with E-state index in [1.807, 2.05) is 0 Å². The minimum atomic E-state index is -0.307. The standard InChI is InChI=1S/C14H11Cl2FN2S/c15-12-2-1-3-13(16)11(12)8-20-14(18)19-10-6-4-9(17)5-7-10/h1-7H,8H2,(H2,18,19). The zero-order chi connectivity index (χ0) is 14.5. The summed E-state index contributed by atoms with van der Waals surface area (Å²) in [6.45, 7) is 0. The molecule has 0 heterocycles. The third-order valence-corrected chi connectivity index (χ3v) is 4.02. The highest BCUT2D eigenvalue weighted by Crippen LogP contribution is 2.28. The normalized spacial score (nSPS) is 11.7. The van der Waals surface area contributed by atoms with Crippen LogP contribution in [0.5, 0.6) is 0 Å². The number of hydrogen-bond donors (Lipinski definition) is 1. The van der Waals surface area contributed by atoms with Crippen molar-refractivity contribution in [1.29, 1.82) is 0 Å². The number of nitrogens with zero attached hydrogens (tertiary/aromatic N) is 1. The molecule has 2 N–H and O–H groups in total. The van der Waals surface area contributed by atoms with Crippen LogP contribution in [0.2, 0.25) is 10.0 Å². The van der Waals surface area contributed by atoms with Gasteiger partial charge in [-0.2, -0.15) is 0 Å². The van der Waals surface area contributed by atoms with Crippen molar-refractivity contribution in [2.75, 3.05) is 0 Å². The molecule has 0 aliphatic rings. The van der Waals surface area contributed by atoms with E-state index in [2.05, 4.69) is 4.99 Å². The van der Waals surface area contributed by atoms with Gasteiger partial charge in [0.2, 0.25) is 0 Å². The number of aliphatic imine (C=N–C) groups is 1. The molecule has 0 atom stereocenters. The number of amidine groups is 1. The second kappa shape index (κ2) is 6.97. The molecule has 0 aromatic heterocycles. The molecule has 2 nitrogen and oxygen atoms in total. The molecular formula is C14H11Cl2FN2S. The van der Waals surface area contributed by atoms with Gasteiger partial charge < -0.3 is 5.73 Å². The Morgan fingerprint density at radius 3 is 2.30 bits per heavy atom. The molecule has 0 radical (unpaired) electrons. The number of thioether (sulfide) groups is 1. The quantitative estimate of drug-likeness (QED) is 0.635. The Kier molecular flexibility index (Phi) is 5.29. The van der Waals surface area contributed by atoms with Gasteiger partial charge in [0, 0.05) is 15.8 Å². The molecule has 0 aliphatic heterocycles. The summed E-state index contributed by atoms with van der Waals surface area (Å²) in [6.07, 6.45) is 0. The number of benzene rings is 2. The topological polar surface area (TPSA) is 38.4 Å². The fourth-order valence-corrected chi connectivity index (χ4v) is 2.95. The lowest BCUT2D eigenvalue weighted by Crippen LogP contribution is -2.06. The molecule has 0 saturated carbocycles. The predicted molar refractivity (Wildman–Crippen MR) is 85.4 cm³/mol. The fourth-order valence-electron chi connectivity index (χ4n) is 1.49. The van der Waals surface area contributed by atoms with Crippen molar-refractivity contribution in [3.8, 4) is 0 Å². The first kappa shape index (κ1) is 15.2. The van der Waals surface area contributed by atoms with Gasteiger partial charge in [0.05, 0.1) is 5.69 Å². The lowest BCUT2D eigenvalue weighted by Gasteiger charge is -2.06. The van der Waals surface area contributed by atoms with Crippen LogP contribution in [0.3, 0.4) is 0 Å². The summed E-state index contributed by atoms with van der Waals surface area (Å²) < 4.78 is 12.8. The number of rotatable bonds is 3. The summed E-state index contributed by atoms with van der Waals surface area (Å²) in [7, 11) is 0. The van der Waals surface area contributed by atoms with Crippen LogP contribution in [0.4, 0.5) is 10.1 Å². The third kappa shape index (κ3) is 4.13. The van der Waals surface area contributed by atoms with Crippen molar-refractivity contribution in [1.82, 2.24) is 0 Å². The van der Waals surface area contributed by atoms with Gasteiger partial charge >= 0.3 is 0 Å². The van der Waals surface area contributed by atoms with Crippen LogP contribution >= 0.6 is 35.0 Å². The smallest absolute Gasteiger partial charge is 0.159 e. The Balaban J connectivity index is 2.05. The second-order valence-electron chi connectivity index (χ2n) is 3.92. The van der Waals surface area contributed by atoms with E-state index in [1.165, 1.54) is 23.9 Å². The minimum absolute atomic E-state index is 0.307. The summed E-state index contributed by atoms with van der Waals surface area (Å²) in [5, 5.41) is 1.56. The van der Waals surface area contributed by atoms with E-state index in [4.69, 9.17) is 28.9 Å². The van der Waals surface area contributed by atoms with E-state index in [-0.39, 0.29) is 5.82 Å². The molecule has 20 heavy (non-hydrogen) atoms. The highest BCUT2D eigenvalue weighted by molar-refractivity contribution is 8.13. The van der Waals surface area contributed by atoms with Crippen molar-refractivity contribution in [3.63, 3.8) is 0 Å². The fraction of sp³-hybridized carbons (Fsp3) is 0.0714. The maximum absolute atomic E-state index is 12.8. The van der Waals surface area contributed by atoms with Gasteiger partial charge in [-0.05, 0) is 42.0 Å². The van der Waals surface area contributed by atoms with Crippen LogP contribution < -0.4 is 5.73 Å². The highest BCUT2D eigenvalue weighted by Gasteiger charge is 2.06. The molecule has 0 spiro atoms. The van der Waals surface area contributed by atoms with Crippen molar-refractivity contribution in [2.45, 2.75) is 5.75 Å². The van der Waals surface area contributed by atoms with Crippen molar-refractivity contribution >= 4 is 45.8 Å². The predicted octanol–water partition coefficient (Wildman–Crippen LogP) is 5.01. The highest BCUT2D eigenvalue weighted by atomic mass is 35.5. The third-order valence-electron chi connectivity index (χ3n) is 2.49. The summed E-state index contributed by atoms with van der Waals surface area (Å²) >= 11 is 13.5. The lowest BCUT2D eigenvalue weighted by atomic mass is 10.2. The summed E-state index contributed by atoms with van der Waals surface area (Å²) in [4.78, 5) is 4.18. The Bertz CT molecular complexity index is 609. The summed E-state index contributed by atoms with van der Waals surface area (Å²) in [6, 6.07) is 11.1. The van der Waals surface area contributed by atoms with E-state index in [0.29, 0.717) is 26.7 Å². The molecule has 104 valence electrons. The molecular weight excluding hydrogens is 318 g/mol. The maximum atomic E-state index is 12.8. The molecule has 2 aromatic carbocycles. The first-order chi connectivity index (χ1) is 9.56. The molecule has 0 saturated heterocycles. The van der Waals surface area contributed by atoms with Crippen LogP contribution in [-0.4, -0.2) is 5.17 Å². The maximum Gasteiger partial charge on any atom is 0.159 e. The number of halogens is 3. The molecule has 0 fully saturated rings. The van der Waals surface area contributed by atoms with Crippen molar-refractivity contribution in [2.24, 2.45) is 10.7 Å². The van der Waals surface area contributed by atoms with Crippen LogP contribution in [0.25, 0.3) is 0 Å². The van der Waals surface area contributed by atoms with Gasteiger partial charge in [-0.1, -0.05) is 41.0 Å². The average molecular weight is 329 g/mol. The monoisotopic (exact) mass is 328 g/mol. The zero-order valence-electron chi connectivity index (χ0n) is 10.3. The Morgan fingerprint density at radius 2 is 1.70 bits per heavy atom. The largest absolute Gasteiger partial charge is 0.378 e. The number of hydrogen-bond acceptors (Lipinski definition) is 2. The summed E-state index contributed by atoms with van der Waals surface area (Å²) in [5.41, 5.74) is 7.24. The second-order valence-corrected chi connectivity index (χ2v) is 5.73. The van der Waals surface area contributed by atoms with E-state index >= 15 is 0 Å². The van der Waals surface area contributed by atoms with Crippen LogP contribution in [-0.2, 0) is 5.75 Å². The van der Waals surface area contributed by atoms with Gasteiger partial charge in [0.25, 0.3) is 0 Å². The minimum Gasteiger partial charge on any atom is -0.378 e. The molecule has 0 bridgehead atoms. The van der Waals surface area contributed by atoms with Gasteiger partial charge in [-0.15, -0.1) is 0 Å². The molecule has 0 aliphatic carbocycles. The average Bonchev–Trinajstić information content (AvgIpc) is 2.41. The summed E-state index contributed by atoms with van der Waals surface area (Å²) in [5.74, 6) is 0.215. The van der Waals surface area contributed by atoms with E-state index in [9.17, 15) is 4.39 Å². The van der Waals surface area contributed by atoms with Gasteiger partial charge in [-0.3, -0.25) is 0 Å². The SMILES string of the molecule is NC(=Nc1ccc(F)cc1)SCc1c(Cl)cccc1Cl. The Morgan fingerprint density at radius 1 is 1.10 bits per heavy atom. The van der Waals surface area contributed by atoms with E-state index in [1.54, 1.807) is 30.3 Å². The van der Waals surface area contributed by atoms with Crippen molar-refractivity contribution in [3.05, 3.63) is 63.9 Å². The molecule has 6 heteroatoms. The first-order valence-corrected chi connectivity index (χ1v) is 7.46. The molecule has 0 unspecified atom stereocenters. The first-order valence-electron chi connectivity index (χ1n) is 5.71.